The number of rotatable bonds is 5. The largest absolute Gasteiger partial charge is 0.389 e. The molecule has 1 atom stereocenters. The number of benzene rings is 1. The third-order valence-corrected chi connectivity index (χ3v) is 3.93. The van der Waals surface area contributed by atoms with Crippen LogP contribution >= 0.6 is 11.6 Å². The monoisotopic (exact) mass is 295 g/mol. The van der Waals surface area contributed by atoms with Gasteiger partial charge in [-0.25, -0.2) is 0 Å². The molecule has 1 fully saturated rings. The molecule has 1 saturated heterocycles. The zero-order valence-corrected chi connectivity index (χ0v) is 12.9. The number of nitrogens with zero attached hydrogens (tertiary/aromatic N) is 1. The molecule has 1 unspecified atom stereocenters. The van der Waals surface area contributed by atoms with Crippen LogP contribution in [0.5, 0.6) is 0 Å². The van der Waals surface area contributed by atoms with Crippen molar-refractivity contribution in [3.05, 3.63) is 41.8 Å². The minimum Gasteiger partial charge on any atom is -0.389 e. The highest BCUT2D eigenvalue weighted by Gasteiger charge is 2.21. The molecule has 0 bridgehead atoms. The summed E-state index contributed by atoms with van der Waals surface area (Å²) in [5, 5.41) is 13.8. The number of likely N-dealkylation sites (tertiary alicyclic amines) is 1. The van der Waals surface area contributed by atoms with Gasteiger partial charge in [-0.3, -0.25) is 4.90 Å². The summed E-state index contributed by atoms with van der Waals surface area (Å²) in [6.45, 7) is 9.14. The summed E-state index contributed by atoms with van der Waals surface area (Å²) in [7, 11) is 0. The van der Waals surface area contributed by atoms with Crippen molar-refractivity contribution in [1.82, 2.24) is 10.2 Å². The molecular weight excluding hydrogens is 272 g/mol. The number of aliphatic hydroxyl groups is 1. The minimum atomic E-state index is -0.875. The Labute approximate surface area is 126 Å². The fourth-order valence-electron chi connectivity index (χ4n) is 2.51. The molecule has 1 aromatic rings. The highest BCUT2D eigenvalue weighted by molar-refractivity contribution is 6.30. The number of halogens is 1. The number of piperidine rings is 1. The van der Waals surface area contributed by atoms with Gasteiger partial charge in [0.05, 0.1) is 5.60 Å². The standard InChI is InChI=1S/C16H24ClN2O/c1-16(2,20)12-18-15-7-9-19(10-8-15)11-13-3-5-14(17)6-4-13/h3-6,15,18,20H,1,7-12H2,2H3. The zero-order chi connectivity index (χ0) is 14.6. The van der Waals surface area contributed by atoms with Crippen molar-refractivity contribution >= 4 is 11.6 Å². The fourth-order valence-corrected chi connectivity index (χ4v) is 2.63. The number of nitrogens with one attached hydrogen (secondary N) is 1. The van der Waals surface area contributed by atoms with Crippen molar-refractivity contribution in [3.8, 4) is 0 Å². The summed E-state index contributed by atoms with van der Waals surface area (Å²) in [5.41, 5.74) is 0.432. The van der Waals surface area contributed by atoms with E-state index in [1.165, 1.54) is 5.56 Å². The van der Waals surface area contributed by atoms with Crippen molar-refractivity contribution in [3.63, 3.8) is 0 Å². The maximum Gasteiger partial charge on any atom is 0.0744 e. The summed E-state index contributed by atoms with van der Waals surface area (Å²) in [6.07, 6.45) is 2.23. The Balaban J connectivity index is 1.73. The average molecular weight is 296 g/mol. The molecule has 4 heteroatoms. The first-order valence-electron chi connectivity index (χ1n) is 7.20. The van der Waals surface area contributed by atoms with Crippen LogP contribution in [0, 0.1) is 6.92 Å². The molecule has 2 rings (SSSR count). The van der Waals surface area contributed by atoms with E-state index in [0.29, 0.717) is 12.6 Å². The molecule has 1 radical (unpaired) electrons. The Kier molecular flexibility index (Phi) is 5.44. The quantitative estimate of drug-likeness (QED) is 0.876. The van der Waals surface area contributed by atoms with Crippen molar-refractivity contribution in [2.75, 3.05) is 19.6 Å². The molecule has 20 heavy (non-hydrogen) atoms. The molecule has 1 heterocycles. The molecule has 0 aliphatic carbocycles. The van der Waals surface area contributed by atoms with Gasteiger partial charge in [-0.05, 0) is 57.5 Å². The van der Waals surface area contributed by atoms with Crippen LogP contribution in [-0.2, 0) is 6.54 Å². The van der Waals surface area contributed by atoms with Gasteiger partial charge < -0.3 is 10.4 Å². The number of hydrogen-bond acceptors (Lipinski definition) is 3. The molecule has 1 aliphatic rings. The van der Waals surface area contributed by atoms with Gasteiger partial charge in [-0.2, -0.15) is 0 Å². The van der Waals surface area contributed by atoms with Crippen molar-refractivity contribution in [2.24, 2.45) is 0 Å². The molecule has 1 aliphatic heterocycles. The predicted molar refractivity (Wildman–Crippen MR) is 83.7 cm³/mol. The first-order valence-corrected chi connectivity index (χ1v) is 7.58. The fraction of sp³-hybridized carbons (Fsp3) is 0.562. The third kappa shape index (κ3) is 5.41. The highest BCUT2D eigenvalue weighted by atomic mass is 35.5. The van der Waals surface area contributed by atoms with Gasteiger partial charge in [0.25, 0.3) is 0 Å². The second-order valence-corrected chi connectivity index (χ2v) is 6.49. The van der Waals surface area contributed by atoms with Crippen LogP contribution in [0.1, 0.15) is 25.3 Å². The lowest BCUT2D eigenvalue weighted by molar-refractivity contribution is 0.0963. The molecule has 2 N–H and O–H groups in total. The summed E-state index contributed by atoms with van der Waals surface area (Å²) >= 11 is 5.90. The van der Waals surface area contributed by atoms with Crippen LogP contribution in [0.2, 0.25) is 5.02 Å². The van der Waals surface area contributed by atoms with E-state index in [0.717, 1.165) is 37.5 Å². The molecule has 111 valence electrons. The van der Waals surface area contributed by atoms with E-state index in [-0.39, 0.29) is 0 Å². The molecule has 0 aromatic heterocycles. The third-order valence-electron chi connectivity index (χ3n) is 3.68. The smallest absolute Gasteiger partial charge is 0.0744 e. The minimum absolute atomic E-state index is 0.490. The van der Waals surface area contributed by atoms with Crippen LogP contribution in [0.4, 0.5) is 0 Å². The van der Waals surface area contributed by atoms with Crippen LogP contribution in [0.3, 0.4) is 0 Å². The molecule has 0 saturated carbocycles. The van der Waals surface area contributed by atoms with E-state index in [2.05, 4.69) is 29.3 Å². The van der Waals surface area contributed by atoms with Crippen LogP contribution in [0.15, 0.2) is 24.3 Å². The van der Waals surface area contributed by atoms with E-state index >= 15 is 0 Å². The number of hydrogen-bond donors (Lipinski definition) is 2. The second-order valence-electron chi connectivity index (χ2n) is 6.05. The van der Waals surface area contributed by atoms with E-state index in [1.807, 2.05) is 12.1 Å². The van der Waals surface area contributed by atoms with Gasteiger partial charge in [0, 0.05) is 24.2 Å². The summed E-state index contributed by atoms with van der Waals surface area (Å²) in [5.74, 6) is 0. The Morgan fingerprint density at radius 3 is 2.50 bits per heavy atom. The predicted octanol–water partition coefficient (Wildman–Crippen LogP) is 2.48. The lowest BCUT2D eigenvalue weighted by Gasteiger charge is -2.33. The maximum atomic E-state index is 9.62. The normalized spacial score (nSPS) is 18.4. The zero-order valence-electron chi connectivity index (χ0n) is 12.1. The van der Waals surface area contributed by atoms with Gasteiger partial charge in [0.2, 0.25) is 0 Å². The molecular formula is C16H24ClN2O. The molecule has 1 aromatic carbocycles. The average Bonchev–Trinajstić information content (AvgIpc) is 2.40. The van der Waals surface area contributed by atoms with Crippen LogP contribution in [0.25, 0.3) is 0 Å². The van der Waals surface area contributed by atoms with Gasteiger partial charge in [0.1, 0.15) is 0 Å². The van der Waals surface area contributed by atoms with Crippen molar-refractivity contribution in [2.45, 2.75) is 38.0 Å². The molecule has 0 spiro atoms. The van der Waals surface area contributed by atoms with E-state index in [9.17, 15) is 5.11 Å². The van der Waals surface area contributed by atoms with Gasteiger partial charge in [0.15, 0.2) is 0 Å². The Morgan fingerprint density at radius 1 is 1.35 bits per heavy atom. The Hall–Kier alpha value is -0.610. The summed E-state index contributed by atoms with van der Waals surface area (Å²) < 4.78 is 0. The first-order chi connectivity index (χ1) is 9.42. The van der Waals surface area contributed by atoms with Crippen LogP contribution < -0.4 is 5.32 Å². The Bertz CT molecular complexity index is 405. The lowest BCUT2D eigenvalue weighted by Crippen LogP contribution is -2.46. The Morgan fingerprint density at radius 2 is 1.95 bits per heavy atom. The van der Waals surface area contributed by atoms with Crippen LogP contribution in [-0.4, -0.2) is 41.3 Å². The van der Waals surface area contributed by atoms with Gasteiger partial charge in [-0.1, -0.05) is 23.7 Å². The molecule has 3 nitrogen and oxygen atoms in total. The van der Waals surface area contributed by atoms with Crippen molar-refractivity contribution in [1.29, 1.82) is 0 Å². The summed E-state index contributed by atoms with van der Waals surface area (Å²) in [6, 6.07) is 8.56. The van der Waals surface area contributed by atoms with E-state index in [4.69, 9.17) is 11.6 Å². The van der Waals surface area contributed by atoms with Gasteiger partial charge >= 0.3 is 0 Å². The lowest BCUT2D eigenvalue weighted by atomic mass is 10.0. The van der Waals surface area contributed by atoms with E-state index in [1.54, 1.807) is 6.92 Å². The van der Waals surface area contributed by atoms with Gasteiger partial charge in [-0.15, -0.1) is 0 Å². The first kappa shape index (κ1) is 15.8. The highest BCUT2D eigenvalue weighted by Crippen LogP contribution is 2.16. The molecule has 0 amide bonds. The maximum absolute atomic E-state index is 9.62. The van der Waals surface area contributed by atoms with E-state index < -0.39 is 5.60 Å². The topological polar surface area (TPSA) is 35.5 Å². The SMILES string of the molecule is [CH2]C(C)(O)CNC1CCN(Cc2ccc(Cl)cc2)CC1. The summed E-state index contributed by atoms with van der Waals surface area (Å²) in [4.78, 5) is 2.46. The van der Waals surface area contributed by atoms with Crippen molar-refractivity contribution < 1.29 is 5.11 Å². The second kappa shape index (κ2) is 6.90.